The van der Waals surface area contributed by atoms with Crippen molar-refractivity contribution in [2.45, 2.75) is 0 Å². The van der Waals surface area contributed by atoms with E-state index in [0.717, 1.165) is 0 Å². The van der Waals surface area contributed by atoms with E-state index in [1.54, 1.807) is 0 Å². The Balaban J connectivity index is 0. The maximum absolute atomic E-state index is 6.50. The van der Waals surface area contributed by atoms with Gasteiger partial charge in [-0.05, 0) is 0 Å². The van der Waals surface area contributed by atoms with Gasteiger partial charge in [0.1, 0.15) is 0 Å². The summed E-state index contributed by atoms with van der Waals surface area (Å²) in [5.41, 5.74) is 0. The van der Waals surface area contributed by atoms with Crippen molar-refractivity contribution in [3.05, 3.63) is 36.4 Å². The van der Waals surface area contributed by atoms with E-state index in [9.17, 15) is 0 Å². The molecule has 0 spiro atoms. The fourth-order valence-corrected chi connectivity index (χ4v) is 0.342. The van der Waals surface area contributed by atoms with E-state index in [0.29, 0.717) is 0 Å². The summed E-state index contributed by atoms with van der Waals surface area (Å²) in [7, 11) is 3.50. The van der Waals surface area contributed by atoms with E-state index >= 15 is 0 Å². The van der Waals surface area contributed by atoms with Crippen molar-refractivity contribution < 1.29 is 23.9 Å². The number of hydrogen-bond acceptors (Lipinski definition) is 1. The molecule has 1 aromatic rings. The molecule has 1 aromatic carbocycles. The van der Waals surface area contributed by atoms with Crippen molar-refractivity contribution in [2.75, 3.05) is 0 Å². The maximum Gasteiger partial charge on any atom is 1.00 e. The molecule has 0 saturated heterocycles. The van der Waals surface area contributed by atoms with Gasteiger partial charge in [-0.25, -0.2) is 0 Å². The van der Waals surface area contributed by atoms with E-state index in [1.165, 1.54) is 0 Å². The molecule has 0 aliphatic heterocycles. The summed E-state index contributed by atoms with van der Waals surface area (Å²) in [6, 6.07) is 12.5. The van der Waals surface area contributed by atoms with Crippen LogP contribution in [0.25, 0.3) is 0 Å². The summed E-state index contributed by atoms with van der Waals surface area (Å²) in [4.78, 5) is 0. The molecule has 2 radical (unpaired) electrons. The molecule has 0 fully saturated rings. The van der Waals surface area contributed by atoms with Gasteiger partial charge < -0.3 is 5.02 Å². The summed E-state index contributed by atoms with van der Waals surface area (Å²) in [6.07, 6.45) is 0. The minimum Gasteiger partial charge on any atom is -0.461 e. The number of benzene rings is 1. The Kier molecular flexibility index (Phi) is 13.9. The van der Waals surface area contributed by atoms with Crippen LogP contribution in [-0.2, 0) is 0 Å². The molecule has 0 amide bonds. The molecule has 0 aliphatic rings. The van der Waals surface area contributed by atoms with Crippen LogP contribution >= 0.6 is 0 Å². The third-order valence-corrected chi connectivity index (χ3v) is 0.607. The SMILES string of the molecule is [B]O.[Li+].[c-]1ccccc1. The second-order valence-electron chi connectivity index (χ2n) is 1.08. The van der Waals surface area contributed by atoms with Crippen molar-refractivity contribution in [3.8, 4) is 0 Å². The van der Waals surface area contributed by atoms with Crippen LogP contribution in [-0.4, -0.2) is 13.1 Å². The molecule has 0 aliphatic carbocycles. The summed E-state index contributed by atoms with van der Waals surface area (Å²) in [6.45, 7) is 0. The quantitative estimate of drug-likeness (QED) is 0.292. The Hall–Kier alpha value is -0.158. The van der Waals surface area contributed by atoms with Gasteiger partial charge in [0.15, 0.2) is 0 Å². The minimum atomic E-state index is 0. The van der Waals surface area contributed by atoms with E-state index < -0.39 is 0 Å². The van der Waals surface area contributed by atoms with Gasteiger partial charge in [0, 0.05) is 0 Å². The molecule has 1 rings (SSSR count). The first-order valence-corrected chi connectivity index (χ1v) is 2.17. The second-order valence-corrected chi connectivity index (χ2v) is 1.08. The van der Waals surface area contributed by atoms with E-state index in [2.05, 4.69) is 14.1 Å². The first-order chi connectivity index (χ1) is 4.00. The molecular weight excluding hydrogens is 106 g/mol. The zero-order valence-corrected chi connectivity index (χ0v) is 5.41. The van der Waals surface area contributed by atoms with Gasteiger partial charge in [0.05, 0.1) is 0 Å². The van der Waals surface area contributed by atoms with Crippen LogP contribution in [0.4, 0.5) is 0 Å². The normalized spacial score (nSPS) is 5.89. The number of rotatable bonds is 0. The van der Waals surface area contributed by atoms with Crippen LogP contribution < -0.4 is 18.9 Å². The van der Waals surface area contributed by atoms with E-state index in [-0.39, 0.29) is 18.9 Å². The van der Waals surface area contributed by atoms with Gasteiger partial charge in [0.2, 0.25) is 0 Å². The Morgan fingerprint density at radius 2 is 1.44 bits per heavy atom. The van der Waals surface area contributed by atoms with Crippen LogP contribution in [0, 0.1) is 6.07 Å². The van der Waals surface area contributed by atoms with Gasteiger partial charge in [-0.15, -0.1) is 0 Å². The van der Waals surface area contributed by atoms with Gasteiger partial charge in [-0.1, -0.05) is 0 Å². The Morgan fingerprint density at radius 3 is 1.56 bits per heavy atom. The molecule has 0 heterocycles. The summed E-state index contributed by atoms with van der Waals surface area (Å²) in [5.74, 6) is 0. The fraction of sp³-hybridized carbons (Fsp3) is 0. The van der Waals surface area contributed by atoms with Crippen molar-refractivity contribution in [1.82, 2.24) is 0 Å². The molecule has 3 heteroatoms. The zero-order valence-electron chi connectivity index (χ0n) is 5.41. The number of hydrogen-bond donors (Lipinski definition) is 1. The smallest absolute Gasteiger partial charge is 0.461 e. The standard InChI is InChI=1S/C6H5.BHO.Li/c1-2-4-6-5-3-1;1-2;/h1-5H;2H;/q-1;;+1. The van der Waals surface area contributed by atoms with Crippen LogP contribution in [0.1, 0.15) is 0 Å². The monoisotopic (exact) mass is 112 g/mol. The molecule has 0 aromatic heterocycles. The first kappa shape index (κ1) is 11.6. The second kappa shape index (κ2) is 10.8. The van der Waals surface area contributed by atoms with Gasteiger partial charge in [-0.3, -0.25) is 0 Å². The Morgan fingerprint density at radius 1 is 1.00 bits per heavy atom. The zero-order chi connectivity index (χ0) is 6.24. The maximum atomic E-state index is 6.50. The van der Waals surface area contributed by atoms with Crippen molar-refractivity contribution in [1.29, 1.82) is 0 Å². The van der Waals surface area contributed by atoms with E-state index in [1.807, 2.05) is 30.3 Å². The third kappa shape index (κ3) is 7.84. The predicted octanol–water partition coefficient (Wildman–Crippen LogP) is -2.45. The van der Waals surface area contributed by atoms with Crippen LogP contribution in [0.3, 0.4) is 0 Å². The van der Waals surface area contributed by atoms with Crippen molar-refractivity contribution >= 4 is 8.05 Å². The molecule has 1 nitrogen and oxygen atoms in total. The predicted molar refractivity (Wildman–Crippen MR) is 33.3 cm³/mol. The average Bonchev–Trinajstić information content (AvgIpc) is 1.96. The molecular formula is C6H6BLiO. The molecule has 0 atom stereocenters. The van der Waals surface area contributed by atoms with Crippen molar-refractivity contribution in [2.24, 2.45) is 0 Å². The third-order valence-electron chi connectivity index (χ3n) is 0.607. The largest absolute Gasteiger partial charge is 1.00 e. The van der Waals surface area contributed by atoms with Crippen LogP contribution in [0.15, 0.2) is 30.3 Å². The minimum absolute atomic E-state index is 0. The summed E-state index contributed by atoms with van der Waals surface area (Å²) >= 11 is 0. The Bertz CT molecular complexity index is 85.0. The molecule has 9 heavy (non-hydrogen) atoms. The molecule has 0 unspecified atom stereocenters. The van der Waals surface area contributed by atoms with Crippen LogP contribution in [0.5, 0.6) is 0 Å². The molecule has 40 valence electrons. The van der Waals surface area contributed by atoms with E-state index in [4.69, 9.17) is 5.02 Å². The van der Waals surface area contributed by atoms with Crippen molar-refractivity contribution in [3.63, 3.8) is 0 Å². The first-order valence-electron chi connectivity index (χ1n) is 2.17. The molecule has 1 N–H and O–H groups in total. The van der Waals surface area contributed by atoms with Gasteiger partial charge in [-0.2, -0.15) is 36.4 Å². The Labute approximate surface area is 68.7 Å². The topological polar surface area (TPSA) is 20.2 Å². The van der Waals surface area contributed by atoms with Gasteiger partial charge in [0.25, 0.3) is 8.05 Å². The van der Waals surface area contributed by atoms with Gasteiger partial charge >= 0.3 is 18.9 Å². The average molecular weight is 112 g/mol. The summed E-state index contributed by atoms with van der Waals surface area (Å²) in [5, 5.41) is 6.50. The molecule has 0 bridgehead atoms. The fourth-order valence-electron chi connectivity index (χ4n) is 0.342. The summed E-state index contributed by atoms with van der Waals surface area (Å²) < 4.78 is 0. The molecule has 0 saturated carbocycles. The van der Waals surface area contributed by atoms with Crippen LogP contribution in [0.2, 0.25) is 0 Å².